The third-order valence-electron chi connectivity index (χ3n) is 3.52. The molecule has 0 spiro atoms. The van der Waals surface area contributed by atoms with Crippen molar-refractivity contribution in [3.8, 4) is 0 Å². The first-order chi connectivity index (χ1) is 10.2. The van der Waals surface area contributed by atoms with Gasteiger partial charge in [-0.2, -0.15) is 4.98 Å². The Bertz CT molecular complexity index is 720. The van der Waals surface area contributed by atoms with E-state index in [0.29, 0.717) is 5.95 Å². The molecule has 3 rings (SSSR count). The summed E-state index contributed by atoms with van der Waals surface area (Å²) in [5, 5.41) is 7.67. The minimum atomic E-state index is 0.0254. The zero-order valence-electron chi connectivity index (χ0n) is 12.0. The zero-order valence-corrected chi connectivity index (χ0v) is 12.0. The zero-order chi connectivity index (χ0) is 14.7. The van der Waals surface area contributed by atoms with Crippen molar-refractivity contribution >= 4 is 11.6 Å². The number of nitrogens with zero attached hydrogens (tertiary/aromatic N) is 3. The first-order valence-corrected chi connectivity index (χ1v) is 7.11. The van der Waals surface area contributed by atoms with Gasteiger partial charge in [0.2, 0.25) is 5.95 Å². The van der Waals surface area contributed by atoms with E-state index in [2.05, 4.69) is 27.5 Å². The van der Waals surface area contributed by atoms with Crippen LogP contribution in [0, 0.1) is 6.92 Å². The fourth-order valence-corrected chi connectivity index (χ4v) is 2.32. The lowest BCUT2D eigenvalue weighted by Crippen LogP contribution is -2.15. The van der Waals surface area contributed by atoms with Crippen LogP contribution in [0.5, 0.6) is 0 Å². The number of hydrogen-bond donors (Lipinski definition) is 2. The Hall–Kier alpha value is -2.40. The highest BCUT2D eigenvalue weighted by Crippen LogP contribution is 2.13. The Kier molecular flexibility index (Phi) is 3.83. The molecule has 0 aliphatic heterocycles. The summed E-state index contributed by atoms with van der Waals surface area (Å²) in [6, 6.07) is 16.1. The van der Waals surface area contributed by atoms with Crippen LogP contribution in [0.1, 0.15) is 23.7 Å². The van der Waals surface area contributed by atoms with E-state index in [1.807, 2.05) is 47.8 Å². The maximum Gasteiger partial charge on any atom is 0.243 e. The molecule has 0 bridgehead atoms. The van der Waals surface area contributed by atoms with E-state index in [1.54, 1.807) is 0 Å². The Balaban J connectivity index is 1.61. The summed E-state index contributed by atoms with van der Waals surface area (Å²) in [4.78, 5) is 4.44. The van der Waals surface area contributed by atoms with Crippen molar-refractivity contribution in [1.82, 2.24) is 14.6 Å². The number of benzene rings is 1. The van der Waals surface area contributed by atoms with Gasteiger partial charge in [-0.15, -0.1) is 5.10 Å². The molecule has 0 saturated heterocycles. The molecule has 2 aromatic heterocycles. The minimum absolute atomic E-state index is 0.0254. The molecule has 1 unspecified atom stereocenters. The first-order valence-electron chi connectivity index (χ1n) is 7.11. The predicted octanol–water partition coefficient (Wildman–Crippen LogP) is 2.54. The van der Waals surface area contributed by atoms with Crippen molar-refractivity contribution < 1.29 is 0 Å². The van der Waals surface area contributed by atoms with Gasteiger partial charge in [0, 0.05) is 18.3 Å². The van der Waals surface area contributed by atoms with E-state index in [1.165, 1.54) is 0 Å². The van der Waals surface area contributed by atoms with Crippen LogP contribution in [-0.4, -0.2) is 21.1 Å². The molecule has 5 nitrogen and oxygen atoms in total. The summed E-state index contributed by atoms with van der Waals surface area (Å²) >= 11 is 0. The Morgan fingerprint density at radius 3 is 2.71 bits per heavy atom. The number of pyridine rings is 1. The minimum Gasteiger partial charge on any atom is -0.353 e. The average molecular weight is 281 g/mol. The van der Waals surface area contributed by atoms with Gasteiger partial charge in [-0.3, -0.25) is 0 Å². The van der Waals surface area contributed by atoms with Gasteiger partial charge in [0.05, 0.1) is 0 Å². The number of fused-ring (bicyclic) bond motifs is 1. The van der Waals surface area contributed by atoms with Gasteiger partial charge in [-0.25, -0.2) is 4.52 Å². The lowest BCUT2D eigenvalue weighted by Gasteiger charge is -2.11. The molecule has 21 heavy (non-hydrogen) atoms. The number of hydrogen-bond acceptors (Lipinski definition) is 4. The number of aryl methyl sites for hydroxylation is 1. The summed E-state index contributed by atoms with van der Waals surface area (Å²) < 4.78 is 1.83. The fraction of sp³-hybridized carbons (Fsp3) is 0.250. The van der Waals surface area contributed by atoms with Crippen LogP contribution in [0.3, 0.4) is 0 Å². The van der Waals surface area contributed by atoms with Gasteiger partial charge in [0.1, 0.15) is 0 Å². The third-order valence-corrected chi connectivity index (χ3v) is 3.52. The van der Waals surface area contributed by atoms with Crippen molar-refractivity contribution in [1.29, 1.82) is 0 Å². The second kappa shape index (κ2) is 5.93. The standard InChI is InChI=1S/C16H19N5/c1-12-6-5-9-15-19-16(20-21(12)15)18-11-10-14(17)13-7-3-2-4-8-13/h2-9,14H,10-11,17H2,1H3,(H,18,20). The van der Waals surface area contributed by atoms with Gasteiger partial charge >= 0.3 is 0 Å². The van der Waals surface area contributed by atoms with E-state index in [4.69, 9.17) is 5.73 Å². The third kappa shape index (κ3) is 3.03. The van der Waals surface area contributed by atoms with Crippen LogP contribution in [0.15, 0.2) is 48.5 Å². The van der Waals surface area contributed by atoms with E-state index in [0.717, 1.165) is 29.9 Å². The molecule has 0 saturated carbocycles. The molecule has 1 aromatic carbocycles. The SMILES string of the molecule is Cc1cccc2nc(NCCC(N)c3ccccc3)nn12. The molecule has 0 aliphatic carbocycles. The Morgan fingerprint density at radius 2 is 1.95 bits per heavy atom. The van der Waals surface area contributed by atoms with Crippen LogP contribution in [0.4, 0.5) is 5.95 Å². The first kappa shape index (κ1) is 13.6. The van der Waals surface area contributed by atoms with Crippen molar-refractivity contribution in [2.24, 2.45) is 5.73 Å². The van der Waals surface area contributed by atoms with Gasteiger partial charge in [-0.1, -0.05) is 36.4 Å². The second-order valence-electron chi connectivity index (χ2n) is 5.11. The van der Waals surface area contributed by atoms with Crippen molar-refractivity contribution in [3.63, 3.8) is 0 Å². The highest BCUT2D eigenvalue weighted by Gasteiger charge is 2.07. The molecular weight excluding hydrogens is 262 g/mol. The van der Waals surface area contributed by atoms with E-state index < -0.39 is 0 Å². The summed E-state index contributed by atoms with van der Waals surface area (Å²) in [5.74, 6) is 0.643. The second-order valence-corrected chi connectivity index (χ2v) is 5.11. The maximum atomic E-state index is 6.17. The van der Waals surface area contributed by atoms with Crippen molar-refractivity contribution in [2.75, 3.05) is 11.9 Å². The summed E-state index contributed by atoms with van der Waals surface area (Å²) in [7, 11) is 0. The van der Waals surface area contributed by atoms with Gasteiger partial charge in [0.25, 0.3) is 0 Å². The topological polar surface area (TPSA) is 68.2 Å². The lowest BCUT2D eigenvalue weighted by molar-refractivity contribution is 0.673. The normalized spacial score (nSPS) is 12.5. The van der Waals surface area contributed by atoms with Crippen molar-refractivity contribution in [3.05, 3.63) is 59.8 Å². The summed E-state index contributed by atoms with van der Waals surface area (Å²) in [6.07, 6.45) is 0.832. The molecule has 0 fully saturated rings. The fourth-order valence-electron chi connectivity index (χ4n) is 2.32. The molecule has 2 heterocycles. The quantitative estimate of drug-likeness (QED) is 0.754. The molecule has 108 valence electrons. The monoisotopic (exact) mass is 281 g/mol. The number of nitrogens with one attached hydrogen (secondary N) is 1. The molecular formula is C16H19N5. The number of rotatable bonds is 5. The van der Waals surface area contributed by atoms with Gasteiger partial charge in [-0.05, 0) is 31.0 Å². The molecule has 0 radical (unpaired) electrons. The highest BCUT2D eigenvalue weighted by atomic mass is 15.3. The van der Waals surface area contributed by atoms with Crippen LogP contribution in [0.2, 0.25) is 0 Å². The highest BCUT2D eigenvalue weighted by molar-refractivity contribution is 5.44. The molecule has 5 heteroatoms. The summed E-state index contributed by atoms with van der Waals surface area (Å²) in [5.41, 5.74) is 9.24. The van der Waals surface area contributed by atoms with Gasteiger partial charge < -0.3 is 11.1 Å². The van der Waals surface area contributed by atoms with E-state index >= 15 is 0 Å². The van der Waals surface area contributed by atoms with Crippen LogP contribution in [-0.2, 0) is 0 Å². The number of anilines is 1. The van der Waals surface area contributed by atoms with Crippen LogP contribution < -0.4 is 11.1 Å². The largest absolute Gasteiger partial charge is 0.353 e. The predicted molar refractivity (Wildman–Crippen MR) is 84.2 cm³/mol. The molecule has 0 aliphatic rings. The van der Waals surface area contributed by atoms with Crippen LogP contribution >= 0.6 is 0 Å². The molecule has 3 aromatic rings. The Morgan fingerprint density at radius 1 is 1.14 bits per heavy atom. The molecule has 0 amide bonds. The van der Waals surface area contributed by atoms with Crippen LogP contribution in [0.25, 0.3) is 5.65 Å². The van der Waals surface area contributed by atoms with Crippen molar-refractivity contribution in [2.45, 2.75) is 19.4 Å². The van der Waals surface area contributed by atoms with E-state index in [9.17, 15) is 0 Å². The molecule has 1 atom stereocenters. The average Bonchev–Trinajstić information content (AvgIpc) is 2.92. The lowest BCUT2D eigenvalue weighted by atomic mass is 10.1. The molecule has 3 N–H and O–H groups in total. The summed E-state index contributed by atoms with van der Waals surface area (Å²) in [6.45, 7) is 2.75. The van der Waals surface area contributed by atoms with Gasteiger partial charge in [0.15, 0.2) is 5.65 Å². The Labute approximate surface area is 123 Å². The maximum absolute atomic E-state index is 6.17. The number of nitrogens with two attached hydrogens (primary N) is 1. The van der Waals surface area contributed by atoms with E-state index in [-0.39, 0.29) is 6.04 Å². The number of aromatic nitrogens is 3. The smallest absolute Gasteiger partial charge is 0.243 e.